The standard InChI is InChI=1S/C18H26FN3O2/c1-14(16-5-3-4-6-17(16)19)13-18(24)20-7-8-21-9-11-22(12-10-21)15(2)23/h3-6,14H,7-13H2,1-2H3,(H,20,24)/t14-/m1/s1. The van der Waals surface area contributed by atoms with Gasteiger partial charge < -0.3 is 10.2 Å². The molecule has 1 fully saturated rings. The minimum atomic E-state index is -0.263. The van der Waals surface area contributed by atoms with E-state index in [0.717, 1.165) is 32.7 Å². The molecule has 1 aliphatic rings. The fraction of sp³-hybridized carbons (Fsp3) is 0.556. The first-order chi connectivity index (χ1) is 11.5. The first kappa shape index (κ1) is 18.4. The van der Waals surface area contributed by atoms with Gasteiger partial charge in [-0.25, -0.2) is 4.39 Å². The van der Waals surface area contributed by atoms with Crippen LogP contribution in [0.15, 0.2) is 24.3 Å². The fourth-order valence-electron chi connectivity index (χ4n) is 2.97. The molecule has 1 aromatic rings. The molecule has 0 spiro atoms. The first-order valence-electron chi connectivity index (χ1n) is 8.46. The van der Waals surface area contributed by atoms with Gasteiger partial charge in [0.15, 0.2) is 0 Å². The highest BCUT2D eigenvalue weighted by atomic mass is 19.1. The molecule has 0 unspecified atom stereocenters. The summed E-state index contributed by atoms with van der Waals surface area (Å²) in [6.45, 7) is 7.95. The maximum absolute atomic E-state index is 13.7. The molecule has 2 rings (SSSR count). The number of benzene rings is 1. The third-order valence-electron chi connectivity index (χ3n) is 4.50. The van der Waals surface area contributed by atoms with E-state index in [2.05, 4.69) is 10.2 Å². The number of rotatable bonds is 6. The average molecular weight is 335 g/mol. The molecule has 0 aliphatic carbocycles. The van der Waals surface area contributed by atoms with Gasteiger partial charge in [0.2, 0.25) is 11.8 Å². The normalized spacial score (nSPS) is 16.7. The Bertz CT molecular complexity index is 571. The quantitative estimate of drug-likeness (QED) is 0.859. The first-order valence-corrected chi connectivity index (χ1v) is 8.46. The predicted molar refractivity (Wildman–Crippen MR) is 91.1 cm³/mol. The molecule has 1 aliphatic heterocycles. The zero-order valence-electron chi connectivity index (χ0n) is 14.4. The van der Waals surface area contributed by atoms with Crippen molar-refractivity contribution in [3.05, 3.63) is 35.6 Å². The molecule has 1 N–H and O–H groups in total. The molecule has 1 saturated heterocycles. The number of nitrogens with zero attached hydrogens (tertiary/aromatic N) is 2. The monoisotopic (exact) mass is 335 g/mol. The number of carbonyl (C=O) groups is 2. The number of carbonyl (C=O) groups excluding carboxylic acids is 2. The summed E-state index contributed by atoms with van der Waals surface area (Å²) in [5.74, 6) is -0.357. The van der Waals surface area contributed by atoms with E-state index in [1.807, 2.05) is 11.8 Å². The molecular formula is C18H26FN3O2. The Balaban J connectivity index is 1.67. The molecule has 2 amide bonds. The van der Waals surface area contributed by atoms with Crippen LogP contribution in [0.5, 0.6) is 0 Å². The van der Waals surface area contributed by atoms with Gasteiger partial charge in [0, 0.05) is 52.6 Å². The van der Waals surface area contributed by atoms with Crippen LogP contribution < -0.4 is 5.32 Å². The summed E-state index contributed by atoms with van der Waals surface area (Å²) in [6, 6.07) is 6.58. The van der Waals surface area contributed by atoms with Gasteiger partial charge in [-0.2, -0.15) is 0 Å². The Labute approximate surface area is 142 Å². The average Bonchev–Trinajstić information content (AvgIpc) is 2.55. The van der Waals surface area contributed by atoms with E-state index < -0.39 is 0 Å². The van der Waals surface area contributed by atoms with Crippen molar-refractivity contribution in [2.24, 2.45) is 0 Å². The minimum Gasteiger partial charge on any atom is -0.355 e. The summed E-state index contributed by atoms with van der Waals surface area (Å²) in [5.41, 5.74) is 0.577. The summed E-state index contributed by atoms with van der Waals surface area (Å²) >= 11 is 0. The summed E-state index contributed by atoms with van der Waals surface area (Å²) < 4.78 is 13.7. The Morgan fingerprint density at radius 3 is 2.50 bits per heavy atom. The lowest BCUT2D eigenvalue weighted by atomic mass is 9.97. The smallest absolute Gasteiger partial charge is 0.220 e. The summed E-state index contributed by atoms with van der Waals surface area (Å²) in [5, 5.41) is 2.90. The second-order valence-corrected chi connectivity index (χ2v) is 6.32. The Hall–Kier alpha value is -1.95. The molecule has 0 saturated carbocycles. The fourth-order valence-corrected chi connectivity index (χ4v) is 2.97. The molecule has 0 bridgehead atoms. The summed E-state index contributed by atoms with van der Waals surface area (Å²) in [6.07, 6.45) is 0.277. The zero-order valence-corrected chi connectivity index (χ0v) is 14.4. The molecule has 5 nitrogen and oxygen atoms in total. The third-order valence-corrected chi connectivity index (χ3v) is 4.50. The van der Waals surface area contributed by atoms with Crippen molar-refractivity contribution < 1.29 is 14.0 Å². The van der Waals surface area contributed by atoms with Crippen LogP contribution in [0.25, 0.3) is 0 Å². The second-order valence-electron chi connectivity index (χ2n) is 6.32. The molecular weight excluding hydrogens is 309 g/mol. The Morgan fingerprint density at radius 1 is 1.21 bits per heavy atom. The molecule has 6 heteroatoms. The lowest BCUT2D eigenvalue weighted by molar-refractivity contribution is -0.130. The van der Waals surface area contributed by atoms with Crippen LogP contribution in [-0.2, 0) is 9.59 Å². The van der Waals surface area contributed by atoms with Crippen LogP contribution in [0.3, 0.4) is 0 Å². The lowest BCUT2D eigenvalue weighted by Gasteiger charge is -2.34. The highest BCUT2D eigenvalue weighted by Crippen LogP contribution is 2.21. The van der Waals surface area contributed by atoms with E-state index in [9.17, 15) is 14.0 Å². The second kappa shape index (κ2) is 8.78. The van der Waals surface area contributed by atoms with Crippen LogP contribution in [0.2, 0.25) is 0 Å². The van der Waals surface area contributed by atoms with E-state index >= 15 is 0 Å². The third kappa shape index (κ3) is 5.30. The van der Waals surface area contributed by atoms with Crippen molar-refractivity contribution in [3.8, 4) is 0 Å². The molecule has 1 aromatic carbocycles. The van der Waals surface area contributed by atoms with Crippen molar-refractivity contribution in [1.29, 1.82) is 0 Å². The molecule has 1 heterocycles. The number of nitrogens with one attached hydrogen (secondary N) is 1. The van der Waals surface area contributed by atoms with Crippen molar-refractivity contribution in [3.63, 3.8) is 0 Å². The molecule has 132 valence electrons. The van der Waals surface area contributed by atoms with Gasteiger partial charge in [-0.3, -0.25) is 14.5 Å². The lowest BCUT2D eigenvalue weighted by Crippen LogP contribution is -2.49. The van der Waals surface area contributed by atoms with Crippen molar-refractivity contribution in [2.75, 3.05) is 39.3 Å². The number of piperazine rings is 1. The van der Waals surface area contributed by atoms with E-state index in [1.54, 1.807) is 25.1 Å². The minimum absolute atomic E-state index is 0.0619. The molecule has 1 atom stereocenters. The van der Waals surface area contributed by atoms with Crippen LogP contribution in [-0.4, -0.2) is 60.9 Å². The van der Waals surface area contributed by atoms with Gasteiger partial charge in [-0.15, -0.1) is 0 Å². The largest absolute Gasteiger partial charge is 0.355 e. The van der Waals surface area contributed by atoms with E-state index in [0.29, 0.717) is 12.1 Å². The number of amides is 2. The van der Waals surface area contributed by atoms with Gasteiger partial charge in [-0.05, 0) is 17.5 Å². The predicted octanol–water partition coefficient (Wildman–Crippen LogP) is 1.60. The topological polar surface area (TPSA) is 52.7 Å². The van der Waals surface area contributed by atoms with E-state index in [1.165, 1.54) is 6.07 Å². The van der Waals surface area contributed by atoms with Crippen molar-refractivity contribution >= 4 is 11.8 Å². The highest BCUT2D eigenvalue weighted by molar-refractivity contribution is 5.76. The molecule has 0 aromatic heterocycles. The number of halogens is 1. The molecule has 0 radical (unpaired) electrons. The maximum Gasteiger partial charge on any atom is 0.220 e. The van der Waals surface area contributed by atoms with Gasteiger partial charge in [-0.1, -0.05) is 25.1 Å². The maximum atomic E-state index is 13.7. The van der Waals surface area contributed by atoms with Crippen molar-refractivity contribution in [1.82, 2.24) is 15.1 Å². The summed E-state index contributed by atoms with van der Waals surface area (Å²) in [4.78, 5) is 27.4. The SMILES string of the molecule is CC(=O)N1CCN(CCNC(=O)C[C@@H](C)c2ccccc2F)CC1. The van der Waals surface area contributed by atoms with Crippen LogP contribution in [0, 0.1) is 5.82 Å². The molecule has 24 heavy (non-hydrogen) atoms. The van der Waals surface area contributed by atoms with E-state index in [-0.39, 0.29) is 30.0 Å². The van der Waals surface area contributed by atoms with Crippen LogP contribution in [0.1, 0.15) is 31.7 Å². The Morgan fingerprint density at radius 2 is 1.88 bits per heavy atom. The van der Waals surface area contributed by atoms with Crippen LogP contribution >= 0.6 is 0 Å². The van der Waals surface area contributed by atoms with Crippen molar-refractivity contribution in [2.45, 2.75) is 26.2 Å². The summed E-state index contributed by atoms with van der Waals surface area (Å²) in [7, 11) is 0. The van der Waals surface area contributed by atoms with Gasteiger partial charge in [0.25, 0.3) is 0 Å². The van der Waals surface area contributed by atoms with Gasteiger partial charge in [0.05, 0.1) is 0 Å². The van der Waals surface area contributed by atoms with Crippen LogP contribution in [0.4, 0.5) is 4.39 Å². The number of hydrogen-bond acceptors (Lipinski definition) is 3. The van der Waals surface area contributed by atoms with Gasteiger partial charge >= 0.3 is 0 Å². The number of hydrogen-bond donors (Lipinski definition) is 1. The van der Waals surface area contributed by atoms with E-state index in [4.69, 9.17) is 0 Å². The highest BCUT2D eigenvalue weighted by Gasteiger charge is 2.18. The zero-order chi connectivity index (χ0) is 17.5. The van der Waals surface area contributed by atoms with Gasteiger partial charge in [0.1, 0.15) is 5.82 Å². The Kier molecular flexibility index (Phi) is 6.73.